The van der Waals surface area contributed by atoms with Crippen LogP contribution in [0.15, 0.2) is 17.3 Å². The fourth-order valence-corrected chi connectivity index (χ4v) is 2.10. The number of H-pyrrole nitrogens is 2. The molecule has 6 heteroatoms. The van der Waals surface area contributed by atoms with E-state index in [1.54, 1.807) is 6.20 Å². The summed E-state index contributed by atoms with van der Waals surface area (Å²) in [6.07, 6.45) is 4.09. The van der Waals surface area contributed by atoms with Gasteiger partial charge in [0.1, 0.15) is 5.52 Å². The van der Waals surface area contributed by atoms with Crippen molar-refractivity contribution in [2.24, 2.45) is 0 Å². The lowest BCUT2D eigenvalue weighted by atomic mass is 10.2. The summed E-state index contributed by atoms with van der Waals surface area (Å²) in [6, 6.07) is 0.122. The second-order valence-corrected chi connectivity index (χ2v) is 4.43. The predicted molar refractivity (Wildman–Crippen MR) is 69.3 cm³/mol. The van der Waals surface area contributed by atoms with Gasteiger partial charge in [0.15, 0.2) is 0 Å². The Hall–Kier alpha value is -1.66. The van der Waals surface area contributed by atoms with E-state index in [0.717, 1.165) is 12.0 Å². The SMILES string of the molecule is CCC(CO)N(C)Cc1c[nH]c2c(=O)[nH]cnc12. The van der Waals surface area contributed by atoms with Gasteiger partial charge in [0, 0.05) is 24.3 Å². The topological polar surface area (TPSA) is 85.0 Å². The van der Waals surface area contributed by atoms with E-state index in [0.29, 0.717) is 17.6 Å². The first-order valence-electron chi connectivity index (χ1n) is 6.02. The first-order chi connectivity index (χ1) is 8.67. The molecule has 0 radical (unpaired) electrons. The van der Waals surface area contributed by atoms with Crippen molar-refractivity contribution in [3.8, 4) is 0 Å². The summed E-state index contributed by atoms with van der Waals surface area (Å²) < 4.78 is 0. The number of aromatic amines is 2. The Balaban J connectivity index is 2.27. The van der Waals surface area contributed by atoms with Crippen LogP contribution in [0, 0.1) is 0 Å². The third-order valence-electron chi connectivity index (χ3n) is 3.27. The van der Waals surface area contributed by atoms with Crippen LogP contribution in [-0.4, -0.2) is 44.7 Å². The highest BCUT2D eigenvalue weighted by Crippen LogP contribution is 2.15. The van der Waals surface area contributed by atoms with E-state index in [9.17, 15) is 9.90 Å². The van der Waals surface area contributed by atoms with Crippen LogP contribution in [0.4, 0.5) is 0 Å². The summed E-state index contributed by atoms with van der Waals surface area (Å²) in [4.78, 5) is 23.3. The highest BCUT2D eigenvalue weighted by molar-refractivity contribution is 5.77. The predicted octanol–water partition coefficient (Wildman–Crippen LogP) is 0.454. The fraction of sp³-hybridized carbons (Fsp3) is 0.500. The molecular weight excluding hydrogens is 232 g/mol. The molecule has 0 amide bonds. The summed E-state index contributed by atoms with van der Waals surface area (Å²) in [6.45, 7) is 2.81. The van der Waals surface area contributed by atoms with Gasteiger partial charge in [0.25, 0.3) is 5.56 Å². The molecule has 0 aliphatic rings. The maximum atomic E-state index is 11.5. The third-order valence-corrected chi connectivity index (χ3v) is 3.27. The van der Waals surface area contributed by atoms with Crippen molar-refractivity contribution in [1.82, 2.24) is 19.9 Å². The standard InChI is InChI=1S/C12H18N4O2/c1-3-9(6-17)16(2)5-8-4-13-11-10(8)14-7-15-12(11)18/h4,7,9,13,17H,3,5-6H2,1-2H3,(H,14,15,18). The van der Waals surface area contributed by atoms with Crippen LogP contribution < -0.4 is 5.56 Å². The molecule has 0 spiro atoms. The average molecular weight is 250 g/mol. The van der Waals surface area contributed by atoms with Gasteiger partial charge >= 0.3 is 0 Å². The number of aliphatic hydroxyl groups excluding tert-OH is 1. The molecule has 0 fully saturated rings. The third kappa shape index (κ3) is 2.30. The summed E-state index contributed by atoms with van der Waals surface area (Å²) >= 11 is 0. The average Bonchev–Trinajstić information content (AvgIpc) is 2.76. The Bertz CT molecular complexity index is 571. The summed E-state index contributed by atoms with van der Waals surface area (Å²) in [5, 5.41) is 9.26. The summed E-state index contributed by atoms with van der Waals surface area (Å²) in [7, 11) is 1.95. The van der Waals surface area contributed by atoms with Crippen LogP contribution in [0.5, 0.6) is 0 Å². The molecule has 0 aliphatic carbocycles. The minimum absolute atomic E-state index is 0.122. The van der Waals surface area contributed by atoms with Crippen molar-refractivity contribution in [2.75, 3.05) is 13.7 Å². The van der Waals surface area contributed by atoms with Crippen LogP contribution in [0.1, 0.15) is 18.9 Å². The molecule has 0 saturated carbocycles. The molecule has 2 heterocycles. The monoisotopic (exact) mass is 250 g/mol. The van der Waals surface area contributed by atoms with E-state index in [1.165, 1.54) is 6.33 Å². The Kier molecular flexibility index (Phi) is 3.78. The van der Waals surface area contributed by atoms with Gasteiger partial charge in [-0.2, -0.15) is 0 Å². The Morgan fingerprint density at radius 1 is 1.50 bits per heavy atom. The van der Waals surface area contributed by atoms with Crippen molar-refractivity contribution in [3.63, 3.8) is 0 Å². The molecule has 18 heavy (non-hydrogen) atoms. The minimum Gasteiger partial charge on any atom is -0.395 e. The molecule has 6 nitrogen and oxygen atoms in total. The van der Waals surface area contributed by atoms with E-state index >= 15 is 0 Å². The Morgan fingerprint density at radius 3 is 2.94 bits per heavy atom. The zero-order valence-corrected chi connectivity index (χ0v) is 10.6. The number of hydrogen-bond donors (Lipinski definition) is 3. The lowest BCUT2D eigenvalue weighted by Crippen LogP contribution is -2.33. The molecule has 0 saturated heterocycles. The molecule has 0 aromatic carbocycles. The first kappa shape index (κ1) is 12.8. The molecular formula is C12H18N4O2. The molecule has 2 aromatic rings. The number of nitrogens with one attached hydrogen (secondary N) is 2. The number of nitrogens with zero attached hydrogens (tertiary/aromatic N) is 2. The molecule has 1 unspecified atom stereocenters. The maximum Gasteiger partial charge on any atom is 0.275 e. The molecule has 3 N–H and O–H groups in total. The lowest BCUT2D eigenvalue weighted by molar-refractivity contribution is 0.138. The number of hydrogen-bond acceptors (Lipinski definition) is 4. The lowest BCUT2D eigenvalue weighted by Gasteiger charge is -2.24. The van der Waals surface area contributed by atoms with Gasteiger partial charge in [-0.3, -0.25) is 9.69 Å². The van der Waals surface area contributed by atoms with Crippen LogP contribution in [0.2, 0.25) is 0 Å². The highest BCUT2D eigenvalue weighted by Gasteiger charge is 2.15. The van der Waals surface area contributed by atoms with E-state index in [-0.39, 0.29) is 18.2 Å². The first-order valence-corrected chi connectivity index (χ1v) is 6.02. The fourth-order valence-electron chi connectivity index (χ4n) is 2.10. The normalized spacial score (nSPS) is 13.3. The number of aliphatic hydroxyl groups is 1. The van der Waals surface area contributed by atoms with E-state index < -0.39 is 0 Å². The zero-order chi connectivity index (χ0) is 13.1. The van der Waals surface area contributed by atoms with Crippen LogP contribution >= 0.6 is 0 Å². The molecule has 2 aromatic heterocycles. The van der Waals surface area contributed by atoms with E-state index in [1.807, 2.05) is 14.0 Å². The second-order valence-electron chi connectivity index (χ2n) is 4.43. The van der Waals surface area contributed by atoms with Crippen molar-refractivity contribution in [2.45, 2.75) is 25.9 Å². The van der Waals surface area contributed by atoms with Gasteiger partial charge in [-0.05, 0) is 13.5 Å². The van der Waals surface area contributed by atoms with Gasteiger partial charge < -0.3 is 15.1 Å². The van der Waals surface area contributed by atoms with Crippen LogP contribution in [0.3, 0.4) is 0 Å². The van der Waals surface area contributed by atoms with Gasteiger partial charge in [-0.25, -0.2) is 4.98 Å². The summed E-state index contributed by atoms with van der Waals surface area (Å²) in [5.41, 5.74) is 1.99. The maximum absolute atomic E-state index is 11.5. The molecule has 2 rings (SSSR count). The minimum atomic E-state index is -0.164. The van der Waals surface area contributed by atoms with Gasteiger partial charge in [-0.15, -0.1) is 0 Å². The van der Waals surface area contributed by atoms with E-state index in [4.69, 9.17) is 0 Å². The molecule has 98 valence electrons. The Morgan fingerprint density at radius 2 is 2.28 bits per heavy atom. The quantitative estimate of drug-likeness (QED) is 0.719. The van der Waals surface area contributed by atoms with Crippen LogP contribution in [-0.2, 0) is 6.54 Å². The van der Waals surface area contributed by atoms with Crippen LogP contribution in [0.25, 0.3) is 11.0 Å². The number of aromatic nitrogens is 3. The molecule has 0 bridgehead atoms. The van der Waals surface area contributed by atoms with Gasteiger partial charge in [0.2, 0.25) is 0 Å². The van der Waals surface area contributed by atoms with E-state index in [2.05, 4.69) is 19.9 Å². The van der Waals surface area contributed by atoms with Crippen molar-refractivity contribution in [1.29, 1.82) is 0 Å². The zero-order valence-electron chi connectivity index (χ0n) is 10.6. The smallest absolute Gasteiger partial charge is 0.275 e. The number of likely N-dealkylation sites (N-methyl/N-ethyl adjacent to an activating group) is 1. The molecule has 1 atom stereocenters. The van der Waals surface area contributed by atoms with Crippen molar-refractivity contribution in [3.05, 3.63) is 28.4 Å². The Labute approximate surface area is 105 Å². The van der Waals surface area contributed by atoms with Crippen molar-refractivity contribution < 1.29 is 5.11 Å². The van der Waals surface area contributed by atoms with Gasteiger partial charge in [0.05, 0.1) is 18.5 Å². The number of fused-ring (bicyclic) bond motifs is 1. The molecule has 0 aliphatic heterocycles. The van der Waals surface area contributed by atoms with Gasteiger partial charge in [-0.1, -0.05) is 6.92 Å². The number of rotatable bonds is 5. The largest absolute Gasteiger partial charge is 0.395 e. The highest BCUT2D eigenvalue weighted by atomic mass is 16.3. The van der Waals surface area contributed by atoms with Crippen molar-refractivity contribution >= 4 is 11.0 Å². The second kappa shape index (κ2) is 5.32. The summed E-state index contributed by atoms with van der Waals surface area (Å²) in [5.74, 6) is 0.